The number of ether oxygens (including phenoxy) is 2. The van der Waals surface area contributed by atoms with Crippen LogP contribution in [0.25, 0.3) is 32.9 Å². The highest BCUT2D eigenvalue weighted by molar-refractivity contribution is 6.02. The largest absolute Gasteiger partial charge is 0.461 e. The molecule has 9 rings (SSSR count). The molecule has 5 aliphatic heterocycles. The zero-order valence-electron chi connectivity index (χ0n) is 29.1. The van der Waals surface area contributed by atoms with Gasteiger partial charge in [0.1, 0.15) is 29.5 Å². The fraction of sp³-hybridized carbons (Fsp3) is 0.525. The molecule has 0 saturated carbocycles. The highest BCUT2D eigenvalue weighted by Crippen LogP contribution is 2.45. The number of anilines is 1. The van der Waals surface area contributed by atoms with E-state index >= 15 is 8.78 Å². The first kappa shape index (κ1) is 32.0. The molecule has 4 aromatic rings. The maximum atomic E-state index is 17.2. The molecule has 50 heavy (non-hydrogen) atoms. The lowest BCUT2D eigenvalue weighted by Crippen LogP contribution is -2.58. The summed E-state index contributed by atoms with van der Waals surface area (Å²) in [5.74, 6) is 2.11. The van der Waals surface area contributed by atoms with Gasteiger partial charge in [0.2, 0.25) is 0 Å². The minimum absolute atomic E-state index is 0.0973. The standard InChI is InChI=1S/C40H44F2N6O2/c1-5-26-28(41)12-10-23-8-6-9-27(32(23)26)35-34(42)36-33-30(44-35)14-15-31-29-13-11-24(43-29)20-47(31)37(33)46-38(45-36)49-22-40-17-7-19-48(40)25(16-18-40)21-50-39(2,3)4/h1,6,8-10,12,24-25,29,31,43H,7,11,13-22H2,2-4H3/t24-,25+,29+,31-,40+/m1/s1. The van der Waals surface area contributed by atoms with Gasteiger partial charge in [0.05, 0.1) is 34.4 Å². The van der Waals surface area contributed by atoms with Gasteiger partial charge in [0, 0.05) is 41.7 Å². The molecule has 0 spiro atoms. The van der Waals surface area contributed by atoms with E-state index in [1.165, 1.54) is 6.07 Å². The number of hydrogen-bond acceptors (Lipinski definition) is 8. The van der Waals surface area contributed by atoms with E-state index < -0.39 is 11.6 Å². The second-order valence-corrected chi connectivity index (χ2v) is 16.0. The molecule has 0 unspecified atom stereocenters. The van der Waals surface area contributed by atoms with Crippen LogP contribution in [-0.4, -0.2) is 81.5 Å². The maximum absolute atomic E-state index is 17.2. The summed E-state index contributed by atoms with van der Waals surface area (Å²) in [5.41, 5.74) is 1.29. The molecule has 2 aromatic carbocycles. The number of aromatic nitrogens is 3. The first-order chi connectivity index (χ1) is 24.1. The van der Waals surface area contributed by atoms with Crippen molar-refractivity contribution in [3.63, 3.8) is 0 Å². The van der Waals surface area contributed by atoms with Crippen LogP contribution in [-0.2, 0) is 11.2 Å². The van der Waals surface area contributed by atoms with Gasteiger partial charge >= 0.3 is 6.01 Å². The summed E-state index contributed by atoms with van der Waals surface area (Å²) >= 11 is 0. The monoisotopic (exact) mass is 678 g/mol. The molecule has 4 fully saturated rings. The number of pyridine rings is 1. The van der Waals surface area contributed by atoms with Gasteiger partial charge < -0.3 is 19.7 Å². The predicted octanol–water partition coefficient (Wildman–Crippen LogP) is 6.55. The van der Waals surface area contributed by atoms with Crippen molar-refractivity contribution in [2.45, 2.75) is 107 Å². The zero-order valence-corrected chi connectivity index (χ0v) is 29.1. The smallest absolute Gasteiger partial charge is 0.319 e. The number of fused-ring (bicyclic) bond motifs is 7. The molecule has 0 radical (unpaired) electrons. The van der Waals surface area contributed by atoms with Gasteiger partial charge in [0.15, 0.2) is 5.82 Å². The third-order valence-corrected chi connectivity index (χ3v) is 11.9. The Morgan fingerprint density at radius 1 is 1.04 bits per heavy atom. The second kappa shape index (κ2) is 11.8. The van der Waals surface area contributed by atoms with E-state index in [1.807, 2.05) is 12.1 Å². The third kappa shape index (κ3) is 5.15. The molecule has 260 valence electrons. The Labute approximate surface area is 292 Å². The first-order valence-electron chi connectivity index (χ1n) is 18.3. The zero-order chi connectivity index (χ0) is 34.4. The Kier molecular flexibility index (Phi) is 7.58. The number of nitrogens with zero attached hydrogens (tertiary/aromatic N) is 5. The quantitative estimate of drug-likeness (QED) is 0.230. The number of rotatable bonds is 6. The average Bonchev–Trinajstić information content (AvgIpc) is 3.76. The van der Waals surface area contributed by atoms with Crippen LogP contribution in [0, 0.1) is 24.0 Å². The van der Waals surface area contributed by atoms with Crippen molar-refractivity contribution in [3.8, 4) is 29.6 Å². The van der Waals surface area contributed by atoms with E-state index in [9.17, 15) is 0 Å². The van der Waals surface area contributed by atoms with Gasteiger partial charge in [-0.1, -0.05) is 30.2 Å². The predicted molar refractivity (Wildman–Crippen MR) is 190 cm³/mol. The topological polar surface area (TPSA) is 75.6 Å². The molecule has 5 atom stereocenters. The summed E-state index contributed by atoms with van der Waals surface area (Å²) in [6, 6.07) is 9.89. The maximum Gasteiger partial charge on any atom is 0.319 e. The SMILES string of the molecule is C#Cc1c(F)ccc2cccc(-c3nc4c5c(nc(OC[C@@]67CCCN6[C@H](COC(C)(C)C)CC7)nc5c3F)N3C[C@H]5CC[C@H](N5)[C@H]3CC4)c12. The van der Waals surface area contributed by atoms with Crippen LogP contribution < -0.4 is 15.0 Å². The van der Waals surface area contributed by atoms with Crippen molar-refractivity contribution >= 4 is 27.5 Å². The molecule has 2 bridgehead atoms. The Balaban J connectivity index is 1.16. The fourth-order valence-electron chi connectivity index (χ4n) is 9.64. The number of piperazine rings is 1. The van der Waals surface area contributed by atoms with E-state index in [1.54, 1.807) is 12.1 Å². The van der Waals surface area contributed by atoms with E-state index in [0.29, 0.717) is 59.9 Å². The van der Waals surface area contributed by atoms with E-state index in [0.717, 1.165) is 69.1 Å². The van der Waals surface area contributed by atoms with Crippen LogP contribution in [0.4, 0.5) is 14.6 Å². The van der Waals surface area contributed by atoms with Crippen LogP contribution in [0.3, 0.4) is 0 Å². The van der Waals surface area contributed by atoms with Crippen molar-refractivity contribution < 1.29 is 18.3 Å². The van der Waals surface area contributed by atoms with Crippen molar-refractivity contribution in [2.75, 3.05) is 31.2 Å². The van der Waals surface area contributed by atoms with Crippen LogP contribution in [0.2, 0.25) is 0 Å². The normalized spacial score (nSPS) is 27.4. The third-order valence-electron chi connectivity index (χ3n) is 11.9. The summed E-state index contributed by atoms with van der Waals surface area (Å²) in [6.45, 7) is 9.21. The summed E-state index contributed by atoms with van der Waals surface area (Å²) < 4.78 is 45.1. The number of aryl methyl sites for hydroxylation is 1. The molecular weight excluding hydrogens is 634 g/mol. The van der Waals surface area contributed by atoms with E-state index in [2.05, 4.69) is 41.8 Å². The van der Waals surface area contributed by atoms with Gasteiger partial charge in [-0.25, -0.2) is 13.8 Å². The molecule has 5 aliphatic rings. The molecule has 8 nitrogen and oxygen atoms in total. The van der Waals surface area contributed by atoms with Gasteiger partial charge in [-0.3, -0.25) is 4.90 Å². The van der Waals surface area contributed by atoms with Crippen molar-refractivity contribution in [1.82, 2.24) is 25.2 Å². The van der Waals surface area contributed by atoms with Crippen molar-refractivity contribution in [2.24, 2.45) is 0 Å². The summed E-state index contributed by atoms with van der Waals surface area (Å²) in [6.07, 6.45) is 13.7. The number of terminal acetylenes is 1. The number of nitrogens with one attached hydrogen (secondary N) is 1. The van der Waals surface area contributed by atoms with Gasteiger partial charge in [-0.05, 0) is 90.1 Å². The van der Waals surface area contributed by atoms with Crippen molar-refractivity contribution in [1.29, 1.82) is 0 Å². The lowest BCUT2D eigenvalue weighted by atomic mass is 9.95. The molecule has 1 N–H and O–H groups in total. The Hall–Kier alpha value is -3.91. The molecule has 10 heteroatoms. The van der Waals surface area contributed by atoms with E-state index in [-0.39, 0.29) is 40.0 Å². The second-order valence-electron chi connectivity index (χ2n) is 16.0. The van der Waals surface area contributed by atoms with Crippen LogP contribution in [0.15, 0.2) is 30.3 Å². The lowest BCUT2D eigenvalue weighted by molar-refractivity contribution is -0.0377. The molecule has 2 aromatic heterocycles. The minimum atomic E-state index is -0.575. The Bertz CT molecular complexity index is 2060. The highest BCUT2D eigenvalue weighted by Gasteiger charge is 2.50. The van der Waals surface area contributed by atoms with Gasteiger partial charge in [0.25, 0.3) is 0 Å². The van der Waals surface area contributed by atoms with E-state index in [4.69, 9.17) is 30.8 Å². The van der Waals surface area contributed by atoms with Crippen LogP contribution in [0.5, 0.6) is 6.01 Å². The molecular formula is C40H44F2N6O2. The average molecular weight is 679 g/mol. The lowest BCUT2D eigenvalue weighted by Gasteiger charge is -2.41. The summed E-state index contributed by atoms with van der Waals surface area (Å²) in [4.78, 5) is 19.9. The van der Waals surface area contributed by atoms with Crippen LogP contribution >= 0.6 is 0 Å². The van der Waals surface area contributed by atoms with Crippen molar-refractivity contribution in [3.05, 3.63) is 53.2 Å². The summed E-state index contributed by atoms with van der Waals surface area (Å²) in [7, 11) is 0. The van der Waals surface area contributed by atoms with Crippen LogP contribution in [0.1, 0.15) is 77.0 Å². The molecule has 7 heterocycles. The molecule has 0 amide bonds. The fourth-order valence-corrected chi connectivity index (χ4v) is 9.64. The Morgan fingerprint density at radius 3 is 2.76 bits per heavy atom. The molecule has 0 aliphatic carbocycles. The molecule has 4 saturated heterocycles. The number of halogens is 2. The van der Waals surface area contributed by atoms with Gasteiger partial charge in [-0.15, -0.1) is 6.42 Å². The highest BCUT2D eigenvalue weighted by atomic mass is 19.1. The minimum Gasteiger partial charge on any atom is -0.461 e. The van der Waals surface area contributed by atoms with Gasteiger partial charge in [-0.2, -0.15) is 9.97 Å². The summed E-state index contributed by atoms with van der Waals surface area (Å²) in [5, 5.41) is 5.64. The number of benzene rings is 2. The Morgan fingerprint density at radius 2 is 1.92 bits per heavy atom. The first-order valence-corrected chi connectivity index (χ1v) is 18.3. The number of hydrogen-bond donors (Lipinski definition) is 1.